The number of nitrogens with two attached hydrogens (primary N) is 1. The Morgan fingerprint density at radius 3 is 3.00 bits per heavy atom. The molecule has 19 heavy (non-hydrogen) atoms. The molecule has 1 fully saturated rings. The van der Waals surface area contributed by atoms with Crippen molar-refractivity contribution in [1.29, 1.82) is 0 Å². The monoisotopic (exact) mass is 326 g/mol. The fraction of sp³-hybridized carbons (Fsp3) is 0.500. The summed E-state index contributed by atoms with van der Waals surface area (Å²) < 4.78 is 6.51. The predicted molar refractivity (Wildman–Crippen MR) is 79.1 cm³/mol. The first-order valence-corrected chi connectivity index (χ1v) is 7.29. The number of nitrogen functional groups attached to an aromatic ring is 1. The lowest BCUT2D eigenvalue weighted by molar-refractivity contribution is -0.000171. The van der Waals surface area contributed by atoms with E-state index in [4.69, 9.17) is 10.5 Å². The molecule has 0 radical (unpaired) electrons. The van der Waals surface area contributed by atoms with Crippen LogP contribution in [-0.4, -0.2) is 37.1 Å². The molecule has 1 aliphatic rings. The number of rotatable bonds is 3. The highest BCUT2D eigenvalue weighted by Gasteiger charge is 2.21. The number of halogens is 1. The van der Waals surface area contributed by atoms with Crippen LogP contribution in [0.2, 0.25) is 0 Å². The molecule has 1 aliphatic heterocycles. The molecule has 0 aromatic heterocycles. The first-order valence-electron chi connectivity index (χ1n) is 6.50. The summed E-state index contributed by atoms with van der Waals surface area (Å²) in [5, 5.41) is 0. The molecule has 0 bridgehead atoms. The smallest absolute Gasteiger partial charge is 0.255 e. The molecule has 0 aliphatic carbocycles. The summed E-state index contributed by atoms with van der Waals surface area (Å²) in [5.74, 6) is -0.0621. The first-order chi connectivity index (χ1) is 9.08. The van der Waals surface area contributed by atoms with Gasteiger partial charge < -0.3 is 15.4 Å². The van der Waals surface area contributed by atoms with Crippen LogP contribution in [0.25, 0.3) is 0 Å². The second-order valence-corrected chi connectivity index (χ2v) is 5.82. The van der Waals surface area contributed by atoms with Crippen molar-refractivity contribution in [3.63, 3.8) is 0 Å². The number of amides is 1. The second kappa shape index (κ2) is 6.39. The highest BCUT2D eigenvalue weighted by atomic mass is 79.9. The second-order valence-electron chi connectivity index (χ2n) is 4.91. The molecule has 1 heterocycles. The van der Waals surface area contributed by atoms with Gasteiger partial charge in [0.1, 0.15) is 0 Å². The average molecular weight is 327 g/mol. The molecule has 104 valence electrons. The van der Waals surface area contributed by atoms with Crippen LogP contribution in [-0.2, 0) is 4.74 Å². The van der Waals surface area contributed by atoms with Gasteiger partial charge in [-0.3, -0.25) is 4.79 Å². The van der Waals surface area contributed by atoms with Gasteiger partial charge in [0.15, 0.2) is 0 Å². The van der Waals surface area contributed by atoms with Crippen molar-refractivity contribution in [3.8, 4) is 0 Å². The SMILES string of the molecule is CN(CC1CCCCO1)C(=O)c1cc(Br)ccc1N. The van der Waals surface area contributed by atoms with E-state index in [1.54, 1.807) is 24.1 Å². The maximum absolute atomic E-state index is 12.4. The number of carbonyl (C=O) groups excluding carboxylic acids is 1. The van der Waals surface area contributed by atoms with E-state index in [1.165, 1.54) is 6.42 Å². The van der Waals surface area contributed by atoms with Crippen molar-refractivity contribution >= 4 is 27.5 Å². The lowest BCUT2D eigenvalue weighted by Gasteiger charge is -2.27. The molecule has 1 aromatic rings. The molecule has 1 amide bonds. The number of hydrogen-bond donors (Lipinski definition) is 1. The fourth-order valence-electron chi connectivity index (χ4n) is 2.26. The van der Waals surface area contributed by atoms with Crippen LogP contribution in [0.1, 0.15) is 29.6 Å². The van der Waals surface area contributed by atoms with Crippen molar-refractivity contribution in [1.82, 2.24) is 4.90 Å². The Hall–Kier alpha value is -1.07. The molecule has 2 rings (SSSR count). The topological polar surface area (TPSA) is 55.6 Å². The third kappa shape index (κ3) is 3.70. The highest BCUT2D eigenvalue weighted by Crippen LogP contribution is 2.21. The largest absolute Gasteiger partial charge is 0.398 e. The van der Waals surface area contributed by atoms with Crippen molar-refractivity contribution in [3.05, 3.63) is 28.2 Å². The van der Waals surface area contributed by atoms with Gasteiger partial charge >= 0.3 is 0 Å². The molecule has 1 atom stereocenters. The van der Waals surface area contributed by atoms with E-state index in [9.17, 15) is 4.79 Å². The Morgan fingerprint density at radius 2 is 2.32 bits per heavy atom. The number of benzene rings is 1. The first kappa shape index (κ1) is 14.3. The molecule has 4 nitrogen and oxygen atoms in total. The van der Waals surface area contributed by atoms with E-state index in [0.717, 1.165) is 23.9 Å². The fourth-order valence-corrected chi connectivity index (χ4v) is 2.62. The minimum Gasteiger partial charge on any atom is -0.398 e. The molecule has 2 N–H and O–H groups in total. The molecule has 1 saturated heterocycles. The summed E-state index contributed by atoms with van der Waals surface area (Å²) in [4.78, 5) is 14.0. The number of hydrogen-bond acceptors (Lipinski definition) is 3. The van der Waals surface area contributed by atoms with Crippen LogP contribution in [0.5, 0.6) is 0 Å². The van der Waals surface area contributed by atoms with Crippen LogP contribution in [0.15, 0.2) is 22.7 Å². The van der Waals surface area contributed by atoms with Gasteiger partial charge in [-0.25, -0.2) is 0 Å². The van der Waals surface area contributed by atoms with Crippen LogP contribution < -0.4 is 5.73 Å². The number of nitrogens with zero attached hydrogens (tertiary/aromatic N) is 1. The number of likely N-dealkylation sites (N-methyl/N-ethyl adjacent to an activating group) is 1. The zero-order valence-corrected chi connectivity index (χ0v) is 12.6. The molecule has 5 heteroatoms. The molecule has 1 unspecified atom stereocenters. The van der Waals surface area contributed by atoms with Crippen molar-refractivity contribution in [2.24, 2.45) is 0 Å². The summed E-state index contributed by atoms with van der Waals surface area (Å²) >= 11 is 3.36. The lowest BCUT2D eigenvalue weighted by Crippen LogP contribution is -2.37. The quantitative estimate of drug-likeness (QED) is 0.869. The molecule has 1 aromatic carbocycles. The maximum Gasteiger partial charge on any atom is 0.255 e. The van der Waals surface area contributed by atoms with Crippen LogP contribution in [0, 0.1) is 0 Å². The van der Waals surface area contributed by atoms with Gasteiger partial charge in [-0.1, -0.05) is 15.9 Å². The summed E-state index contributed by atoms with van der Waals surface area (Å²) in [7, 11) is 1.79. The molecule has 0 spiro atoms. The third-order valence-corrected chi connectivity index (χ3v) is 3.84. The van der Waals surface area contributed by atoms with Gasteiger partial charge in [0.05, 0.1) is 11.7 Å². The van der Waals surface area contributed by atoms with Gasteiger partial charge in [-0.15, -0.1) is 0 Å². The minimum atomic E-state index is -0.0621. The zero-order valence-electron chi connectivity index (χ0n) is 11.1. The Balaban J connectivity index is 2.03. The third-order valence-electron chi connectivity index (χ3n) is 3.34. The number of ether oxygens (including phenoxy) is 1. The summed E-state index contributed by atoms with van der Waals surface area (Å²) in [6.07, 6.45) is 3.46. The Kier molecular flexibility index (Phi) is 4.82. The van der Waals surface area contributed by atoms with E-state index >= 15 is 0 Å². The van der Waals surface area contributed by atoms with Gasteiger partial charge in [-0.2, -0.15) is 0 Å². The van der Waals surface area contributed by atoms with Crippen molar-refractivity contribution in [2.75, 3.05) is 25.9 Å². The normalized spacial score (nSPS) is 19.2. The lowest BCUT2D eigenvalue weighted by atomic mass is 10.1. The Bertz CT molecular complexity index is 459. The molecular formula is C14H19BrN2O2. The van der Waals surface area contributed by atoms with Crippen LogP contribution >= 0.6 is 15.9 Å². The van der Waals surface area contributed by atoms with E-state index in [1.807, 2.05) is 6.07 Å². The van der Waals surface area contributed by atoms with Crippen LogP contribution in [0.4, 0.5) is 5.69 Å². The summed E-state index contributed by atoms with van der Waals surface area (Å²) in [6, 6.07) is 5.33. The molecule has 0 saturated carbocycles. The van der Waals surface area contributed by atoms with Crippen molar-refractivity contribution in [2.45, 2.75) is 25.4 Å². The zero-order chi connectivity index (χ0) is 13.8. The van der Waals surface area contributed by atoms with Gasteiger partial charge in [-0.05, 0) is 37.5 Å². The standard InChI is InChI=1S/C14H19BrN2O2/c1-17(9-11-4-2-3-7-19-11)14(18)12-8-10(15)5-6-13(12)16/h5-6,8,11H,2-4,7,9,16H2,1H3. The Morgan fingerprint density at radius 1 is 1.53 bits per heavy atom. The van der Waals surface area contributed by atoms with E-state index in [0.29, 0.717) is 17.8 Å². The number of carbonyl (C=O) groups is 1. The van der Waals surface area contributed by atoms with E-state index in [-0.39, 0.29) is 12.0 Å². The van der Waals surface area contributed by atoms with E-state index in [2.05, 4.69) is 15.9 Å². The van der Waals surface area contributed by atoms with E-state index < -0.39 is 0 Å². The average Bonchev–Trinajstić information content (AvgIpc) is 2.42. The van der Waals surface area contributed by atoms with Crippen LogP contribution in [0.3, 0.4) is 0 Å². The summed E-state index contributed by atoms with van der Waals surface area (Å²) in [6.45, 7) is 1.41. The number of anilines is 1. The molecular weight excluding hydrogens is 308 g/mol. The predicted octanol–water partition coefficient (Wildman–Crippen LogP) is 2.67. The van der Waals surface area contributed by atoms with Crippen molar-refractivity contribution < 1.29 is 9.53 Å². The minimum absolute atomic E-state index is 0.0621. The summed E-state index contributed by atoms with van der Waals surface area (Å²) in [5.41, 5.74) is 6.90. The van der Waals surface area contributed by atoms with Gasteiger partial charge in [0.2, 0.25) is 0 Å². The van der Waals surface area contributed by atoms with Gasteiger partial charge in [0, 0.05) is 30.4 Å². The Labute approximate surface area is 122 Å². The maximum atomic E-state index is 12.4. The van der Waals surface area contributed by atoms with Gasteiger partial charge in [0.25, 0.3) is 5.91 Å². The highest BCUT2D eigenvalue weighted by molar-refractivity contribution is 9.10.